The molecular weight excluding hydrogens is 533 g/mol. The number of aromatic nitrogens is 1. The molecular formula is C31H33ClFN3O2S. The van der Waals surface area contributed by atoms with E-state index in [1.807, 2.05) is 37.9 Å². The largest absolute Gasteiger partial charge is 0.496 e. The minimum Gasteiger partial charge on any atom is -0.496 e. The molecule has 1 aliphatic carbocycles. The molecule has 0 atom stereocenters. The van der Waals surface area contributed by atoms with Crippen molar-refractivity contribution >= 4 is 38.9 Å². The van der Waals surface area contributed by atoms with Gasteiger partial charge in [-0.2, -0.15) is 0 Å². The van der Waals surface area contributed by atoms with Gasteiger partial charge in [0.1, 0.15) is 16.4 Å². The first kappa shape index (κ1) is 27.6. The van der Waals surface area contributed by atoms with Crippen molar-refractivity contribution in [2.24, 2.45) is 0 Å². The summed E-state index contributed by atoms with van der Waals surface area (Å²) in [6.07, 6.45) is 3.71. The van der Waals surface area contributed by atoms with Gasteiger partial charge in [0.15, 0.2) is 0 Å². The van der Waals surface area contributed by atoms with Crippen molar-refractivity contribution in [2.75, 3.05) is 14.2 Å². The fourth-order valence-corrected chi connectivity index (χ4v) is 7.16. The summed E-state index contributed by atoms with van der Waals surface area (Å²) in [5.74, 6) is 0.138. The molecule has 1 aliphatic rings. The van der Waals surface area contributed by atoms with Gasteiger partial charge in [-0.15, -0.1) is 11.3 Å². The Labute approximate surface area is 238 Å². The van der Waals surface area contributed by atoms with Crippen LogP contribution in [0.15, 0.2) is 48.5 Å². The van der Waals surface area contributed by atoms with Crippen LogP contribution in [0.4, 0.5) is 4.39 Å². The van der Waals surface area contributed by atoms with E-state index in [4.69, 9.17) is 16.3 Å². The fraction of sp³-hybridized carbons (Fsp3) is 0.355. The molecule has 0 aliphatic heterocycles. The molecule has 0 saturated heterocycles. The summed E-state index contributed by atoms with van der Waals surface area (Å²) in [4.78, 5) is 21.0. The molecule has 0 bridgehead atoms. The van der Waals surface area contributed by atoms with Gasteiger partial charge in [0.25, 0.3) is 5.91 Å². The van der Waals surface area contributed by atoms with Crippen molar-refractivity contribution in [3.63, 3.8) is 0 Å². The zero-order valence-electron chi connectivity index (χ0n) is 22.7. The van der Waals surface area contributed by atoms with Gasteiger partial charge >= 0.3 is 0 Å². The molecule has 204 valence electrons. The van der Waals surface area contributed by atoms with Crippen molar-refractivity contribution in [3.8, 4) is 16.9 Å². The summed E-state index contributed by atoms with van der Waals surface area (Å²) in [6.45, 7) is 4.33. The number of methoxy groups -OCH3 is 1. The third-order valence-corrected chi connectivity index (χ3v) is 9.28. The second kappa shape index (κ2) is 11.6. The molecule has 0 spiro atoms. The lowest BCUT2D eigenvalue weighted by Gasteiger charge is -2.37. The van der Waals surface area contributed by atoms with Crippen molar-refractivity contribution in [1.29, 1.82) is 0 Å². The van der Waals surface area contributed by atoms with Crippen molar-refractivity contribution in [2.45, 2.75) is 58.2 Å². The van der Waals surface area contributed by atoms with Crippen LogP contribution in [0.3, 0.4) is 0 Å². The predicted octanol–water partition coefficient (Wildman–Crippen LogP) is 7.55. The molecule has 5 rings (SSSR count). The molecule has 2 aromatic heterocycles. The van der Waals surface area contributed by atoms with E-state index in [1.165, 1.54) is 17.4 Å². The number of rotatable bonds is 7. The average Bonchev–Trinajstić information content (AvgIpc) is 3.28. The highest BCUT2D eigenvalue weighted by Gasteiger charge is 2.32. The van der Waals surface area contributed by atoms with Crippen LogP contribution in [0.2, 0.25) is 5.02 Å². The summed E-state index contributed by atoms with van der Waals surface area (Å²) in [5, 5.41) is 3.88. The summed E-state index contributed by atoms with van der Waals surface area (Å²) >= 11 is 7.92. The summed E-state index contributed by atoms with van der Waals surface area (Å²) < 4.78 is 21.1. The molecule has 1 saturated carbocycles. The van der Waals surface area contributed by atoms with E-state index in [9.17, 15) is 9.18 Å². The Morgan fingerprint density at radius 1 is 1.10 bits per heavy atom. The molecule has 1 fully saturated rings. The number of nitrogens with zero attached hydrogens (tertiary/aromatic N) is 2. The number of pyridine rings is 1. The highest BCUT2D eigenvalue weighted by molar-refractivity contribution is 7.21. The Morgan fingerprint density at radius 2 is 1.82 bits per heavy atom. The maximum absolute atomic E-state index is 14.6. The van der Waals surface area contributed by atoms with Crippen LogP contribution in [-0.4, -0.2) is 42.0 Å². The number of thiophene rings is 1. The standard InChI is InChI=1S/C31H33ClFN3O2S/c1-18-14-21(15-19(2)35-18)20-8-13-26(38-4)22(16-20)17-36(24-11-9-23(34-3)10-12-24)31(37)30-29(32)28-25(33)6-5-7-27(28)39-30/h5-8,13-16,23-24,34H,9-12,17H2,1-4H3/t23-,24-. The number of nitrogens with one attached hydrogen (secondary N) is 1. The Hall–Kier alpha value is -3.00. The number of fused-ring (bicyclic) bond motifs is 1. The maximum atomic E-state index is 14.6. The fourth-order valence-electron chi connectivity index (χ4n) is 5.65. The SMILES string of the molecule is CN[C@H]1CC[C@H](N(Cc2cc(-c3cc(C)nc(C)c3)ccc2OC)C(=O)c2sc3cccc(F)c3c2Cl)CC1. The molecule has 1 amide bonds. The third kappa shape index (κ3) is 5.67. The summed E-state index contributed by atoms with van der Waals surface area (Å²) in [6, 6.07) is 15.5. The monoisotopic (exact) mass is 565 g/mol. The van der Waals surface area contributed by atoms with Gasteiger partial charge in [-0.25, -0.2) is 4.39 Å². The first-order chi connectivity index (χ1) is 18.8. The van der Waals surface area contributed by atoms with Gasteiger partial charge in [-0.1, -0.05) is 23.7 Å². The van der Waals surface area contributed by atoms with Gasteiger partial charge in [-0.05, 0) is 94.1 Å². The second-order valence-electron chi connectivity index (χ2n) is 10.3. The minimum absolute atomic E-state index is 0.0343. The van der Waals surface area contributed by atoms with Crippen LogP contribution < -0.4 is 10.1 Å². The van der Waals surface area contributed by atoms with Crippen LogP contribution in [0.5, 0.6) is 5.75 Å². The third-order valence-electron chi connectivity index (χ3n) is 7.64. The van der Waals surface area contributed by atoms with Crippen LogP contribution in [0, 0.1) is 19.7 Å². The van der Waals surface area contributed by atoms with E-state index in [1.54, 1.807) is 19.2 Å². The predicted molar refractivity (Wildman–Crippen MR) is 157 cm³/mol. The molecule has 5 nitrogen and oxygen atoms in total. The number of carbonyl (C=O) groups is 1. The molecule has 0 unspecified atom stereocenters. The van der Waals surface area contributed by atoms with Crippen molar-refractivity contribution < 1.29 is 13.9 Å². The number of hydrogen-bond donors (Lipinski definition) is 1. The van der Waals surface area contributed by atoms with Crippen LogP contribution in [0.1, 0.15) is 52.3 Å². The lowest BCUT2D eigenvalue weighted by molar-refractivity contribution is 0.0604. The summed E-state index contributed by atoms with van der Waals surface area (Å²) in [7, 11) is 3.63. The van der Waals surface area contributed by atoms with Gasteiger partial charge in [0, 0.05) is 45.7 Å². The first-order valence-corrected chi connectivity index (χ1v) is 14.5. The van der Waals surface area contributed by atoms with E-state index in [0.29, 0.717) is 27.5 Å². The smallest absolute Gasteiger partial charge is 0.266 e. The van der Waals surface area contributed by atoms with Crippen LogP contribution in [0.25, 0.3) is 21.2 Å². The molecule has 1 N–H and O–H groups in total. The Bertz CT molecular complexity index is 1490. The lowest BCUT2D eigenvalue weighted by atomic mass is 9.89. The van der Waals surface area contributed by atoms with Gasteiger partial charge < -0.3 is 15.0 Å². The quantitative estimate of drug-likeness (QED) is 0.251. The number of carbonyl (C=O) groups excluding carboxylic acids is 1. The highest BCUT2D eigenvalue weighted by Crippen LogP contribution is 2.39. The number of aryl methyl sites for hydroxylation is 2. The molecule has 8 heteroatoms. The Morgan fingerprint density at radius 3 is 2.46 bits per heavy atom. The Kier molecular flexibility index (Phi) is 8.21. The lowest BCUT2D eigenvalue weighted by Crippen LogP contribution is -2.44. The van der Waals surface area contributed by atoms with E-state index < -0.39 is 5.82 Å². The van der Waals surface area contributed by atoms with Crippen molar-refractivity contribution in [3.05, 3.63) is 81.2 Å². The van der Waals surface area contributed by atoms with E-state index >= 15 is 0 Å². The second-order valence-corrected chi connectivity index (χ2v) is 11.7. The molecule has 2 heterocycles. The number of hydrogen-bond acceptors (Lipinski definition) is 5. The number of benzene rings is 2. The van der Waals surface area contributed by atoms with E-state index in [2.05, 4.69) is 28.5 Å². The van der Waals surface area contributed by atoms with Crippen LogP contribution >= 0.6 is 22.9 Å². The highest BCUT2D eigenvalue weighted by atomic mass is 35.5. The zero-order valence-corrected chi connectivity index (χ0v) is 24.3. The molecule has 2 aromatic carbocycles. The number of ether oxygens (including phenoxy) is 1. The van der Waals surface area contributed by atoms with Gasteiger partial charge in [0.2, 0.25) is 0 Å². The average molecular weight is 566 g/mol. The van der Waals surface area contributed by atoms with E-state index in [-0.39, 0.29) is 17.0 Å². The minimum atomic E-state index is -0.411. The normalized spacial score (nSPS) is 17.4. The maximum Gasteiger partial charge on any atom is 0.266 e. The molecule has 0 radical (unpaired) electrons. The van der Waals surface area contributed by atoms with E-state index in [0.717, 1.165) is 59.5 Å². The van der Waals surface area contributed by atoms with Crippen molar-refractivity contribution in [1.82, 2.24) is 15.2 Å². The first-order valence-electron chi connectivity index (χ1n) is 13.3. The topological polar surface area (TPSA) is 54.5 Å². The summed E-state index contributed by atoms with van der Waals surface area (Å²) in [5.41, 5.74) is 4.92. The molecule has 4 aromatic rings. The zero-order chi connectivity index (χ0) is 27.7. The number of amides is 1. The molecule has 39 heavy (non-hydrogen) atoms. The van der Waals surface area contributed by atoms with Gasteiger partial charge in [0.05, 0.1) is 12.1 Å². The number of halogens is 2. The van der Waals surface area contributed by atoms with Crippen LogP contribution in [-0.2, 0) is 6.54 Å². The van der Waals surface area contributed by atoms with Gasteiger partial charge in [-0.3, -0.25) is 9.78 Å². The Balaban J connectivity index is 1.55.